The Bertz CT molecular complexity index is 1030. The van der Waals surface area contributed by atoms with Crippen molar-refractivity contribution in [3.8, 4) is 0 Å². The van der Waals surface area contributed by atoms with Gasteiger partial charge in [-0.1, -0.05) is 38.1 Å². The van der Waals surface area contributed by atoms with Gasteiger partial charge in [-0.05, 0) is 35.7 Å². The third kappa shape index (κ3) is 5.38. The number of anilines is 4. The molecule has 0 atom stereocenters. The molecule has 3 aromatic rings. The van der Waals surface area contributed by atoms with E-state index in [9.17, 15) is 9.59 Å². The van der Waals surface area contributed by atoms with Crippen LogP contribution in [0.15, 0.2) is 60.9 Å². The van der Waals surface area contributed by atoms with Gasteiger partial charge >= 0.3 is 0 Å². The number of carbonyl (C=O) groups excluding carboxylic acids is 2. The molecular formula is C22H23N5O2. The number of nitrogens with zero attached hydrogens (tertiary/aromatic N) is 2. The van der Waals surface area contributed by atoms with Crippen LogP contribution in [-0.2, 0) is 4.79 Å². The van der Waals surface area contributed by atoms with Crippen molar-refractivity contribution in [2.24, 2.45) is 0 Å². The van der Waals surface area contributed by atoms with Crippen LogP contribution in [0.2, 0.25) is 0 Å². The standard InChI is InChI=1S/C22H23N5O2/c1-14(2)18-9-4-5-10-19(18)27-22(29)20-12-21(24-13-23-20)26-17-8-6-7-16(11-17)25-15(3)28/h4-14H,1-3H3,(H,25,28)(H,27,29)(H,23,24,26). The van der Waals surface area contributed by atoms with Crippen molar-refractivity contribution in [3.63, 3.8) is 0 Å². The molecule has 0 aliphatic heterocycles. The molecule has 148 valence electrons. The van der Waals surface area contributed by atoms with Crippen molar-refractivity contribution in [1.29, 1.82) is 0 Å². The van der Waals surface area contributed by atoms with Gasteiger partial charge in [-0.15, -0.1) is 0 Å². The molecule has 0 radical (unpaired) electrons. The summed E-state index contributed by atoms with van der Waals surface area (Å²) in [6.07, 6.45) is 1.34. The largest absolute Gasteiger partial charge is 0.340 e. The molecule has 3 rings (SSSR count). The Hall–Kier alpha value is -3.74. The average Bonchev–Trinajstić information content (AvgIpc) is 2.68. The van der Waals surface area contributed by atoms with Gasteiger partial charge in [0.2, 0.25) is 5.91 Å². The number of hydrogen-bond donors (Lipinski definition) is 3. The lowest BCUT2D eigenvalue weighted by molar-refractivity contribution is -0.114. The molecule has 7 heteroatoms. The number of nitrogens with one attached hydrogen (secondary N) is 3. The maximum Gasteiger partial charge on any atom is 0.274 e. The monoisotopic (exact) mass is 389 g/mol. The highest BCUT2D eigenvalue weighted by Crippen LogP contribution is 2.24. The van der Waals surface area contributed by atoms with Gasteiger partial charge in [0.05, 0.1) is 0 Å². The van der Waals surface area contributed by atoms with Crippen LogP contribution in [0.1, 0.15) is 42.7 Å². The summed E-state index contributed by atoms with van der Waals surface area (Å²) < 4.78 is 0. The minimum atomic E-state index is -0.310. The minimum absolute atomic E-state index is 0.148. The fraction of sp³-hybridized carbons (Fsp3) is 0.182. The van der Waals surface area contributed by atoms with Crippen LogP contribution in [0.3, 0.4) is 0 Å². The molecule has 1 heterocycles. The summed E-state index contributed by atoms with van der Waals surface area (Å²) in [5.74, 6) is 0.299. The summed E-state index contributed by atoms with van der Waals surface area (Å²) in [4.78, 5) is 32.2. The van der Waals surface area contributed by atoms with E-state index in [-0.39, 0.29) is 23.4 Å². The van der Waals surface area contributed by atoms with Crippen LogP contribution in [-0.4, -0.2) is 21.8 Å². The van der Waals surface area contributed by atoms with E-state index >= 15 is 0 Å². The number of hydrogen-bond acceptors (Lipinski definition) is 5. The molecule has 0 fully saturated rings. The van der Waals surface area contributed by atoms with Crippen LogP contribution >= 0.6 is 0 Å². The van der Waals surface area contributed by atoms with E-state index in [1.54, 1.807) is 18.2 Å². The van der Waals surface area contributed by atoms with Crippen molar-refractivity contribution in [2.45, 2.75) is 26.7 Å². The van der Waals surface area contributed by atoms with Crippen LogP contribution in [0.5, 0.6) is 0 Å². The Kier molecular flexibility index (Phi) is 6.19. The second-order valence-electron chi connectivity index (χ2n) is 6.87. The molecule has 2 aromatic carbocycles. The molecule has 3 N–H and O–H groups in total. The minimum Gasteiger partial charge on any atom is -0.340 e. The van der Waals surface area contributed by atoms with Gasteiger partial charge in [-0.2, -0.15) is 0 Å². The smallest absolute Gasteiger partial charge is 0.274 e. The molecule has 0 spiro atoms. The van der Waals surface area contributed by atoms with Crippen LogP contribution in [0, 0.1) is 0 Å². The van der Waals surface area contributed by atoms with E-state index < -0.39 is 0 Å². The lowest BCUT2D eigenvalue weighted by Gasteiger charge is -2.13. The maximum atomic E-state index is 12.7. The van der Waals surface area contributed by atoms with Crippen LogP contribution < -0.4 is 16.0 Å². The summed E-state index contributed by atoms with van der Waals surface area (Å²) in [5, 5.41) is 8.78. The van der Waals surface area contributed by atoms with Gasteiger partial charge < -0.3 is 16.0 Å². The molecular weight excluding hydrogens is 366 g/mol. The van der Waals surface area contributed by atoms with E-state index in [0.29, 0.717) is 11.5 Å². The summed E-state index contributed by atoms with van der Waals surface area (Å²) in [7, 11) is 0. The van der Waals surface area contributed by atoms with Crippen LogP contribution in [0.25, 0.3) is 0 Å². The number of carbonyl (C=O) groups is 2. The highest BCUT2D eigenvalue weighted by Gasteiger charge is 2.13. The molecule has 2 amide bonds. The summed E-state index contributed by atoms with van der Waals surface area (Å²) in [6.45, 7) is 5.60. The predicted molar refractivity (Wildman–Crippen MR) is 115 cm³/mol. The third-order valence-corrected chi connectivity index (χ3v) is 4.19. The zero-order valence-corrected chi connectivity index (χ0v) is 16.6. The number of aromatic nitrogens is 2. The number of benzene rings is 2. The molecule has 0 bridgehead atoms. The molecule has 0 saturated heterocycles. The van der Waals surface area contributed by atoms with E-state index in [1.165, 1.54) is 13.3 Å². The van der Waals surface area contributed by atoms with E-state index in [1.807, 2.05) is 36.4 Å². The first-order chi connectivity index (χ1) is 13.9. The Labute approximate surface area is 169 Å². The zero-order chi connectivity index (χ0) is 20.8. The fourth-order valence-corrected chi connectivity index (χ4v) is 2.88. The van der Waals surface area contributed by atoms with Crippen molar-refractivity contribution in [3.05, 3.63) is 72.2 Å². The Morgan fingerprint density at radius 1 is 0.897 bits per heavy atom. The molecule has 0 aliphatic carbocycles. The maximum absolute atomic E-state index is 12.7. The van der Waals surface area contributed by atoms with Crippen molar-refractivity contribution in [2.75, 3.05) is 16.0 Å². The highest BCUT2D eigenvalue weighted by molar-refractivity contribution is 6.03. The van der Waals surface area contributed by atoms with E-state index in [0.717, 1.165) is 16.9 Å². The topological polar surface area (TPSA) is 96.0 Å². The SMILES string of the molecule is CC(=O)Nc1cccc(Nc2cc(C(=O)Nc3ccccc3C(C)C)ncn2)c1. The summed E-state index contributed by atoms with van der Waals surface area (Å²) in [5.41, 5.74) is 3.47. The van der Waals surface area contributed by atoms with Gasteiger partial charge in [0, 0.05) is 30.1 Å². The first-order valence-electron chi connectivity index (χ1n) is 9.29. The van der Waals surface area contributed by atoms with Gasteiger partial charge in [0.1, 0.15) is 17.8 Å². The van der Waals surface area contributed by atoms with Gasteiger partial charge in [0.15, 0.2) is 0 Å². The first-order valence-corrected chi connectivity index (χ1v) is 9.29. The Balaban J connectivity index is 1.76. The van der Waals surface area contributed by atoms with E-state index in [2.05, 4.69) is 39.8 Å². The lowest BCUT2D eigenvalue weighted by Crippen LogP contribution is -2.15. The highest BCUT2D eigenvalue weighted by atomic mass is 16.2. The third-order valence-electron chi connectivity index (χ3n) is 4.19. The zero-order valence-electron chi connectivity index (χ0n) is 16.6. The Morgan fingerprint density at radius 2 is 1.66 bits per heavy atom. The first kappa shape index (κ1) is 20.0. The normalized spacial score (nSPS) is 10.5. The summed E-state index contributed by atoms with van der Waals surface area (Å²) in [6, 6.07) is 16.5. The van der Waals surface area contributed by atoms with Crippen LogP contribution in [0.4, 0.5) is 22.9 Å². The molecule has 0 saturated carbocycles. The van der Waals surface area contributed by atoms with Crippen molar-refractivity contribution >= 4 is 34.7 Å². The average molecular weight is 389 g/mol. The number of para-hydroxylation sites is 1. The fourth-order valence-electron chi connectivity index (χ4n) is 2.88. The Morgan fingerprint density at radius 3 is 2.41 bits per heavy atom. The molecule has 1 aromatic heterocycles. The number of rotatable bonds is 6. The quantitative estimate of drug-likeness (QED) is 0.575. The second kappa shape index (κ2) is 8.97. The number of amides is 2. The predicted octanol–water partition coefficient (Wildman–Crippen LogP) is 4.55. The van der Waals surface area contributed by atoms with Crippen molar-refractivity contribution in [1.82, 2.24) is 9.97 Å². The van der Waals surface area contributed by atoms with Crippen molar-refractivity contribution < 1.29 is 9.59 Å². The lowest BCUT2D eigenvalue weighted by atomic mass is 10.0. The van der Waals surface area contributed by atoms with Gasteiger partial charge in [-0.3, -0.25) is 9.59 Å². The molecule has 29 heavy (non-hydrogen) atoms. The molecule has 7 nitrogen and oxygen atoms in total. The second-order valence-corrected chi connectivity index (χ2v) is 6.87. The van der Waals surface area contributed by atoms with E-state index in [4.69, 9.17) is 0 Å². The van der Waals surface area contributed by atoms with Gasteiger partial charge in [-0.25, -0.2) is 9.97 Å². The summed E-state index contributed by atoms with van der Waals surface area (Å²) >= 11 is 0. The van der Waals surface area contributed by atoms with Gasteiger partial charge in [0.25, 0.3) is 5.91 Å². The molecule has 0 aliphatic rings. The molecule has 0 unspecified atom stereocenters.